The first-order valence-electron chi connectivity index (χ1n) is 6.35. The van der Waals surface area contributed by atoms with Gasteiger partial charge in [0.1, 0.15) is 10.8 Å². The van der Waals surface area contributed by atoms with Gasteiger partial charge in [0.2, 0.25) is 10.0 Å². The Kier molecular flexibility index (Phi) is 5.40. The minimum atomic E-state index is -3.39. The Morgan fingerprint density at radius 1 is 1.29 bits per heavy atom. The minimum Gasteiger partial charge on any atom is -0.311 e. The van der Waals surface area contributed by atoms with Crippen molar-refractivity contribution in [1.82, 2.24) is 10.3 Å². The Hall–Kier alpha value is -1.35. The summed E-state index contributed by atoms with van der Waals surface area (Å²) in [5.41, 5.74) is 1.75. The molecule has 0 bridgehead atoms. The third-order valence-electron chi connectivity index (χ3n) is 2.73. The predicted molar refractivity (Wildman–Crippen MR) is 81.8 cm³/mol. The molecule has 2 rings (SSSR count). The molecule has 0 atom stereocenters. The summed E-state index contributed by atoms with van der Waals surface area (Å²) in [6, 6.07) is 6.19. The SMILES string of the molecule is NS(=O)(=O)CCCNCc1csc(-c2ccc(F)cc2)n1. The highest BCUT2D eigenvalue weighted by Gasteiger charge is 2.05. The van der Waals surface area contributed by atoms with Crippen LogP contribution in [0.25, 0.3) is 10.6 Å². The van der Waals surface area contributed by atoms with Crippen molar-refractivity contribution in [3.05, 3.63) is 41.2 Å². The summed E-state index contributed by atoms with van der Waals surface area (Å²) in [4.78, 5) is 4.45. The fraction of sp³-hybridized carbons (Fsp3) is 0.308. The van der Waals surface area contributed by atoms with Gasteiger partial charge in [-0.3, -0.25) is 0 Å². The lowest BCUT2D eigenvalue weighted by Crippen LogP contribution is -2.22. The van der Waals surface area contributed by atoms with Crippen LogP contribution in [-0.4, -0.2) is 25.7 Å². The fourth-order valence-electron chi connectivity index (χ4n) is 1.73. The summed E-state index contributed by atoms with van der Waals surface area (Å²) in [7, 11) is -3.39. The number of benzene rings is 1. The zero-order valence-corrected chi connectivity index (χ0v) is 12.9. The maximum absolute atomic E-state index is 12.9. The van der Waals surface area contributed by atoms with Gasteiger partial charge in [-0.05, 0) is 37.2 Å². The quantitative estimate of drug-likeness (QED) is 0.758. The van der Waals surface area contributed by atoms with Crippen molar-refractivity contribution in [1.29, 1.82) is 0 Å². The maximum atomic E-state index is 12.9. The molecule has 0 aliphatic carbocycles. The average Bonchev–Trinajstić information content (AvgIpc) is 2.87. The number of hydrogen-bond acceptors (Lipinski definition) is 5. The van der Waals surface area contributed by atoms with Crippen LogP contribution in [0.15, 0.2) is 29.6 Å². The van der Waals surface area contributed by atoms with Crippen molar-refractivity contribution in [2.45, 2.75) is 13.0 Å². The van der Waals surface area contributed by atoms with Crippen molar-refractivity contribution in [3.8, 4) is 10.6 Å². The summed E-state index contributed by atoms with van der Waals surface area (Å²) in [6.45, 7) is 1.11. The highest BCUT2D eigenvalue weighted by atomic mass is 32.2. The van der Waals surface area contributed by atoms with E-state index in [-0.39, 0.29) is 11.6 Å². The first-order chi connectivity index (χ1) is 9.94. The van der Waals surface area contributed by atoms with Gasteiger partial charge in [-0.15, -0.1) is 11.3 Å². The molecule has 3 N–H and O–H groups in total. The largest absolute Gasteiger partial charge is 0.311 e. The fourth-order valence-corrected chi connectivity index (χ4v) is 3.10. The van der Waals surface area contributed by atoms with Gasteiger partial charge >= 0.3 is 0 Å². The van der Waals surface area contributed by atoms with Crippen molar-refractivity contribution < 1.29 is 12.8 Å². The number of sulfonamides is 1. The van der Waals surface area contributed by atoms with Gasteiger partial charge in [0.25, 0.3) is 0 Å². The summed E-state index contributed by atoms with van der Waals surface area (Å²) >= 11 is 1.49. The van der Waals surface area contributed by atoms with E-state index in [4.69, 9.17) is 5.14 Å². The molecular weight excluding hydrogens is 313 g/mol. The van der Waals surface area contributed by atoms with E-state index in [0.29, 0.717) is 19.5 Å². The van der Waals surface area contributed by atoms with E-state index in [9.17, 15) is 12.8 Å². The highest BCUT2D eigenvalue weighted by Crippen LogP contribution is 2.23. The van der Waals surface area contributed by atoms with Crippen molar-refractivity contribution in [2.24, 2.45) is 5.14 Å². The summed E-state index contributed by atoms with van der Waals surface area (Å²) in [6.07, 6.45) is 0.466. The number of nitrogens with zero attached hydrogens (tertiary/aromatic N) is 1. The molecule has 0 amide bonds. The van der Waals surface area contributed by atoms with Crippen LogP contribution in [0.5, 0.6) is 0 Å². The predicted octanol–water partition coefficient (Wildman–Crippen LogP) is 1.72. The first kappa shape index (κ1) is 16.0. The van der Waals surface area contributed by atoms with E-state index in [1.807, 2.05) is 5.38 Å². The third kappa shape index (κ3) is 5.50. The van der Waals surface area contributed by atoms with Gasteiger partial charge in [-0.2, -0.15) is 0 Å². The summed E-state index contributed by atoms with van der Waals surface area (Å²) in [5.74, 6) is -0.301. The number of hydrogen-bond donors (Lipinski definition) is 2. The molecule has 0 aliphatic heterocycles. The van der Waals surface area contributed by atoms with Gasteiger partial charge in [-0.25, -0.2) is 22.9 Å². The number of primary sulfonamides is 1. The van der Waals surface area contributed by atoms with Crippen LogP contribution in [0.4, 0.5) is 4.39 Å². The second-order valence-electron chi connectivity index (χ2n) is 4.55. The molecule has 0 radical (unpaired) electrons. The Morgan fingerprint density at radius 2 is 2.00 bits per heavy atom. The van der Waals surface area contributed by atoms with Gasteiger partial charge in [0.05, 0.1) is 11.4 Å². The number of thiazole rings is 1. The lowest BCUT2D eigenvalue weighted by Gasteiger charge is -2.01. The number of rotatable bonds is 7. The van der Waals surface area contributed by atoms with Crippen LogP contribution in [0.2, 0.25) is 0 Å². The maximum Gasteiger partial charge on any atom is 0.209 e. The Bertz CT molecular complexity index is 684. The second kappa shape index (κ2) is 7.08. The van der Waals surface area contributed by atoms with E-state index in [1.54, 1.807) is 12.1 Å². The van der Waals surface area contributed by atoms with E-state index in [2.05, 4.69) is 10.3 Å². The van der Waals surface area contributed by atoms with E-state index in [1.165, 1.54) is 23.5 Å². The highest BCUT2D eigenvalue weighted by molar-refractivity contribution is 7.89. The number of nitrogens with two attached hydrogens (primary N) is 1. The number of halogens is 1. The van der Waals surface area contributed by atoms with Crippen LogP contribution >= 0.6 is 11.3 Å². The van der Waals surface area contributed by atoms with Gasteiger partial charge in [0, 0.05) is 17.5 Å². The summed E-state index contributed by atoms with van der Waals surface area (Å²) in [5, 5.41) is 10.8. The van der Waals surface area contributed by atoms with E-state index >= 15 is 0 Å². The Morgan fingerprint density at radius 3 is 2.67 bits per heavy atom. The molecule has 0 aliphatic rings. The van der Waals surface area contributed by atoms with Gasteiger partial charge in [-0.1, -0.05) is 0 Å². The molecule has 2 aromatic rings. The minimum absolute atomic E-state index is 0.0299. The summed E-state index contributed by atoms with van der Waals surface area (Å²) < 4.78 is 34.4. The van der Waals surface area contributed by atoms with Gasteiger partial charge < -0.3 is 5.32 Å². The molecule has 0 unspecified atom stereocenters. The lowest BCUT2D eigenvalue weighted by atomic mass is 10.2. The molecule has 0 saturated heterocycles. The standard InChI is InChI=1S/C13H16FN3O2S2/c14-11-4-2-10(3-5-11)13-17-12(9-20-13)8-16-6-1-7-21(15,18)19/h2-5,9,16H,1,6-8H2,(H2,15,18,19). The average molecular weight is 329 g/mol. The molecule has 0 saturated carbocycles. The molecule has 8 heteroatoms. The molecule has 21 heavy (non-hydrogen) atoms. The third-order valence-corrected chi connectivity index (χ3v) is 4.53. The second-order valence-corrected chi connectivity index (χ2v) is 7.14. The zero-order chi connectivity index (χ0) is 15.3. The molecule has 1 aromatic heterocycles. The van der Waals surface area contributed by atoms with Crippen LogP contribution in [-0.2, 0) is 16.6 Å². The number of nitrogens with one attached hydrogen (secondary N) is 1. The lowest BCUT2D eigenvalue weighted by molar-refractivity contribution is 0.590. The van der Waals surface area contributed by atoms with Crippen LogP contribution in [0, 0.1) is 5.82 Å². The molecule has 1 aromatic carbocycles. The smallest absolute Gasteiger partial charge is 0.209 e. The molecular formula is C13H16FN3O2S2. The normalized spacial score (nSPS) is 11.7. The molecule has 1 heterocycles. The van der Waals surface area contributed by atoms with Crippen molar-refractivity contribution in [2.75, 3.05) is 12.3 Å². The molecule has 5 nitrogen and oxygen atoms in total. The van der Waals surface area contributed by atoms with Crippen LogP contribution in [0.1, 0.15) is 12.1 Å². The van der Waals surface area contributed by atoms with Crippen LogP contribution in [0.3, 0.4) is 0 Å². The van der Waals surface area contributed by atoms with Crippen molar-refractivity contribution >= 4 is 21.4 Å². The van der Waals surface area contributed by atoms with E-state index in [0.717, 1.165) is 16.3 Å². The first-order valence-corrected chi connectivity index (χ1v) is 8.95. The topological polar surface area (TPSA) is 85.1 Å². The monoisotopic (exact) mass is 329 g/mol. The molecule has 0 spiro atoms. The number of aromatic nitrogens is 1. The Labute approximate surface area is 127 Å². The zero-order valence-electron chi connectivity index (χ0n) is 11.3. The van der Waals surface area contributed by atoms with E-state index < -0.39 is 10.0 Å². The Balaban J connectivity index is 1.82. The van der Waals surface area contributed by atoms with Gasteiger partial charge in [0.15, 0.2) is 0 Å². The molecule has 114 valence electrons. The van der Waals surface area contributed by atoms with Crippen molar-refractivity contribution in [3.63, 3.8) is 0 Å². The molecule has 0 fully saturated rings. The van der Waals surface area contributed by atoms with Crippen LogP contribution < -0.4 is 10.5 Å².